The summed E-state index contributed by atoms with van der Waals surface area (Å²) in [6.45, 7) is 0. The summed E-state index contributed by atoms with van der Waals surface area (Å²) < 4.78 is 0. The van der Waals surface area contributed by atoms with Gasteiger partial charge in [-0.3, -0.25) is 9.89 Å². The minimum absolute atomic E-state index is 0.0547. The second-order valence-electron chi connectivity index (χ2n) is 6.31. The summed E-state index contributed by atoms with van der Waals surface area (Å²) in [5.74, 6) is 1.09. The maximum atomic E-state index is 12.5. The number of hydrogen-bond acceptors (Lipinski definition) is 3. The van der Waals surface area contributed by atoms with Crippen molar-refractivity contribution in [2.45, 2.75) is 24.8 Å². The molecule has 3 aromatic rings. The summed E-state index contributed by atoms with van der Waals surface area (Å²) in [7, 11) is 0. The molecule has 0 spiro atoms. The molecular weight excluding hydrogens is 336 g/mol. The van der Waals surface area contributed by atoms with Crippen LogP contribution in [0.4, 0.5) is 0 Å². The van der Waals surface area contributed by atoms with Gasteiger partial charge in [0.2, 0.25) is 0 Å². The van der Waals surface area contributed by atoms with Crippen molar-refractivity contribution in [1.82, 2.24) is 20.5 Å². The number of amides is 1. The molecular formula is C19H17ClN4O. The molecule has 0 bridgehead atoms. The summed E-state index contributed by atoms with van der Waals surface area (Å²) in [5.41, 5.74) is 2.75. The zero-order valence-electron chi connectivity index (χ0n) is 13.4. The van der Waals surface area contributed by atoms with Gasteiger partial charge in [0, 0.05) is 22.2 Å². The Hall–Kier alpha value is -2.66. The fraction of sp³-hybridized carbons (Fsp3) is 0.211. The quantitative estimate of drug-likeness (QED) is 0.750. The van der Waals surface area contributed by atoms with Crippen LogP contribution in [0.15, 0.2) is 54.9 Å². The van der Waals surface area contributed by atoms with Gasteiger partial charge in [-0.15, -0.1) is 0 Å². The van der Waals surface area contributed by atoms with E-state index in [0.29, 0.717) is 17.3 Å². The maximum absolute atomic E-state index is 12.5. The zero-order valence-corrected chi connectivity index (χ0v) is 14.2. The van der Waals surface area contributed by atoms with Crippen LogP contribution in [0.1, 0.15) is 34.7 Å². The number of aromatic amines is 1. The Morgan fingerprint density at radius 1 is 1.16 bits per heavy atom. The molecule has 126 valence electrons. The number of hydrogen-bond donors (Lipinski definition) is 2. The van der Waals surface area contributed by atoms with E-state index in [1.165, 1.54) is 11.9 Å². The predicted molar refractivity (Wildman–Crippen MR) is 96.5 cm³/mol. The van der Waals surface area contributed by atoms with Gasteiger partial charge in [0.1, 0.15) is 6.33 Å². The smallest absolute Gasteiger partial charge is 0.251 e. The minimum Gasteiger partial charge on any atom is -0.349 e. The molecule has 2 aromatic carbocycles. The highest BCUT2D eigenvalue weighted by Gasteiger charge is 2.31. The molecule has 0 unspecified atom stereocenters. The highest BCUT2D eigenvalue weighted by Crippen LogP contribution is 2.37. The molecule has 0 aliphatic heterocycles. The Bertz CT molecular complexity index is 871. The van der Waals surface area contributed by atoms with E-state index < -0.39 is 0 Å². The number of halogens is 1. The third-order valence-electron chi connectivity index (χ3n) is 4.63. The van der Waals surface area contributed by atoms with Crippen LogP contribution in [0.25, 0.3) is 11.4 Å². The maximum Gasteiger partial charge on any atom is 0.251 e. The first-order valence-corrected chi connectivity index (χ1v) is 8.59. The summed E-state index contributed by atoms with van der Waals surface area (Å²) in [6.07, 6.45) is 3.36. The van der Waals surface area contributed by atoms with Crippen LogP contribution in [0.3, 0.4) is 0 Å². The number of carbonyl (C=O) groups excluding carboxylic acids is 1. The van der Waals surface area contributed by atoms with Crippen molar-refractivity contribution in [3.8, 4) is 11.4 Å². The molecule has 1 aromatic heterocycles. The SMILES string of the molecule is O=C(NC1CC(c2ccc(Cl)cc2)C1)c1cccc(-c2ncn[nH]2)c1. The Labute approximate surface area is 150 Å². The second kappa shape index (κ2) is 6.69. The van der Waals surface area contributed by atoms with E-state index in [2.05, 4.69) is 32.6 Å². The van der Waals surface area contributed by atoms with E-state index >= 15 is 0 Å². The lowest BCUT2D eigenvalue weighted by Crippen LogP contribution is -2.43. The summed E-state index contributed by atoms with van der Waals surface area (Å²) in [6, 6.07) is 15.5. The number of nitrogens with zero attached hydrogens (tertiary/aromatic N) is 2. The van der Waals surface area contributed by atoms with E-state index in [1.807, 2.05) is 36.4 Å². The molecule has 5 nitrogen and oxygen atoms in total. The van der Waals surface area contributed by atoms with Crippen molar-refractivity contribution >= 4 is 17.5 Å². The van der Waals surface area contributed by atoms with Gasteiger partial charge in [0.05, 0.1) is 0 Å². The van der Waals surface area contributed by atoms with E-state index in [4.69, 9.17) is 11.6 Å². The molecule has 0 radical (unpaired) electrons. The highest BCUT2D eigenvalue weighted by atomic mass is 35.5. The average molecular weight is 353 g/mol. The molecule has 4 rings (SSSR count). The Morgan fingerprint density at radius 3 is 2.68 bits per heavy atom. The van der Waals surface area contributed by atoms with E-state index in [-0.39, 0.29) is 11.9 Å². The second-order valence-corrected chi connectivity index (χ2v) is 6.74. The van der Waals surface area contributed by atoms with E-state index in [9.17, 15) is 4.79 Å². The van der Waals surface area contributed by atoms with Gasteiger partial charge in [-0.25, -0.2) is 4.98 Å². The Morgan fingerprint density at radius 2 is 1.96 bits per heavy atom. The first kappa shape index (κ1) is 15.8. The van der Waals surface area contributed by atoms with Crippen molar-refractivity contribution in [2.24, 2.45) is 0 Å². The van der Waals surface area contributed by atoms with Crippen LogP contribution in [-0.2, 0) is 0 Å². The van der Waals surface area contributed by atoms with Crippen LogP contribution in [0.2, 0.25) is 5.02 Å². The van der Waals surface area contributed by atoms with Crippen LogP contribution >= 0.6 is 11.6 Å². The molecule has 1 fully saturated rings. The predicted octanol–water partition coefficient (Wildman–Crippen LogP) is 3.80. The standard InChI is InChI=1S/C19H17ClN4O/c20-16-6-4-12(5-7-16)15-9-17(10-15)23-19(25)14-3-1-2-13(8-14)18-21-11-22-24-18/h1-8,11,15,17H,9-10H2,(H,23,25)(H,21,22,24). The fourth-order valence-electron chi connectivity index (χ4n) is 3.16. The molecule has 1 aliphatic rings. The van der Waals surface area contributed by atoms with Crippen molar-refractivity contribution in [3.05, 3.63) is 71.0 Å². The van der Waals surface area contributed by atoms with Gasteiger partial charge in [-0.2, -0.15) is 5.10 Å². The molecule has 1 aliphatic carbocycles. The van der Waals surface area contributed by atoms with Crippen molar-refractivity contribution in [3.63, 3.8) is 0 Å². The van der Waals surface area contributed by atoms with Gasteiger partial charge in [0.25, 0.3) is 5.91 Å². The van der Waals surface area contributed by atoms with Crippen molar-refractivity contribution in [2.75, 3.05) is 0 Å². The Balaban J connectivity index is 1.37. The molecule has 1 saturated carbocycles. The topological polar surface area (TPSA) is 70.7 Å². The van der Waals surface area contributed by atoms with Crippen LogP contribution < -0.4 is 5.32 Å². The van der Waals surface area contributed by atoms with E-state index in [1.54, 1.807) is 0 Å². The van der Waals surface area contributed by atoms with E-state index in [0.717, 1.165) is 23.4 Å². The van der Waals surface area contributed by atoms with Gasteiger partial charge < -0.3 is 5.32 Å². The molecule has 0 saturated heterocycles. The number of nitrogens with one attached hydrogen (secondary N) is 2. The lowest BCUT2D eigenvalue weighted by molar-refractivity contribution is 0.0909. The first-order valence-electron chi connectivity index (χ1n) is 8.21. The summed E-state index contributed by atoms with van der Waals surface area (Å²) in [4.78, 5) is 16.6. The van der Waals surface area contributed by atoms with Crippen LogP contribution in [-0.4, -0.2) is 27.1 Å². The normalized spacial score (nSPS) is 19.2. The molecule has 6 heteroatoms. The molecule has 1 heterocycles. The molecule has 1 amide bonds. The first-order chi connectivity index (χ1) is 12.2. The largest absolute Gasteiger partial charge is 0.349 e. The van der Waals surface area contributed by atoms with Crippen LogP contribution in [0.5, 0.6) is 0 Å². The summed E-state index contributed by atoms with van der Waals surface area (Å²) >= 11 is 5.93. The number of rotatable bonds is 4. The third-order valence-corrected chi connectivity index (χ3v) is 4.88. The lowest BCUT2D eigenvalue weighted by Gasteiger charge is -2.36. The number of benzene rings is 2. The summed E-state index contributed by atoms with van der Waals surface area (Å²) in [5, 5.41) is 10.5. The van der Waals surface area contributed by atoms with Gasteiger partial charge in [-0.05, 0) is 48.6 Å². The minimum atomic E-state index is -0.0547. The van der Waals surface area contributed by atoms with Gasteiger partial charge in [-0.1, -0.05) is 35.9 Å². The molecule has 0 atom stereocenters. The average Bonchev–Trinajstić information content (AvgIpc) is 3.13. The van der Waals surface area contributed by atoms with Gasteiger partial charge in [0.15, 0.2) is 5.82 Å². The van der Waals surface area contributed by atoms with Crippen LogP contribution in [0, 0.1) is 0 Å². The monoisotopic (exact) mass is 352 g/mol. The highest BCUT2D eigenvalue weighted by molar-refractivity contribution is 6.30. The number of aromatic nitrogens is 3. The zero-order chi connectivity index (χ0) is 17.2. The number of H-pyrrole nitrogens is 1. The Kier molecular flexibility index (Phi) is 4.24. The van der Waals surface area contributed by atoms with Crippen molar-refractivity contribution in [1.29, 1.82) is 0 Å². The lowest BCUT2D eigenvalue weighted by atomic mass is 9.76. The molecule has 2 N–H and O–H groups in total. The van der Waals surface area contributed by atoms with Gasteiger partial charge >= 0.3 is 0 Å². The molecule has 25 heavy (non-hydrogen) atoms. The van der Waals surface area contributed by atoms with Crippen molar-refractivity contribution < 1.29 is 4.79 Å². The fourth-order valence-corrected chi connectivity index (χ4v) is 3.29. The third kappa shape index (κ3) is 3.42. The number of carbonyl (C=O) groups is 1.